The van der Waals surface area contributed by atoms with E-state index < -0.39 is 10.0 Å². The van der Waals surface area contributed by atoms with Crippen LogP contribution in [0.3, 0.4) is 0 Å². The lowest BCUT2D eigenvalue weighted by molar-refractivity contribution is 0.519. The average molecular weight is 356 g/mol. The van der Waals surface area contributed by atoms with E-state index in [4.69, 9.17) is 5.73 Å². The third kappa shape index (κ3) is 3.93. The zero-order chi connectivity index (χ0) is 12.5. The van der Waals surface area contributed by atoms with Gasteiger partial charge in [-0.05, 0) is 37.0 Å². The third-order valence-corrected chi connectivity index (χ3v) is 4.84. The molecular formula is C11H16BrClN2O2S. The van der Waals surface area contributed by atoms with E-state index in [1.165, 1.54) is 0 Å². The standard InChI is InChI=1S/C11H15BrN2O2S.ClH/c12-9-2-1-3-10(6-9)17(15,16)14-11(7-13)8-4-5-8;/h1-3,6,8,11,14H,4-5,7,13H2;1H. The number of hydrogen-bond acceptors (Lipinski definition) is 3. The molecule has 1 aliphatic carbocycles. The van der Waals surface area contributed by atoms with E-state index in [0.29, 0.717) is 12.5 Å². The first-order valence-electron chi connectivity index (χ1n) is 5.51. The number of sulfonamides is 1. The molecule has 2 rings (SSSR count). The maximum Gasteiger partial charge on any atom is 0.240 e. The molecule has 3 N–H and O–H groups in total. The lowest BCUT2D eigenvalue weighted by Gasteiger charge is -2.16. The van der Waals surface area contributed by atoms with Crippen molar-refractivity contribution in [1.29, 1.82) is 0 Å². The number of nitrogens with two attached hydrogens (primary N) is 1. The highest BCUT2D eigenvalue weighted by atomic mass is 79.9. The van der Waals surface area contributed by atoms with E-state index in [9.17, 15) is 8.42 Å². The predicted octanol–water partition coefficient (Wildman–Crippen LogP) is 1.89. The molecule has 18 heavy (non-hydrogen) atoms. The quantitative estimate of drug-likeness (QED) is 0.847. The Bertz CT molecular complexity index is 506. The highest BCUT2D eigenvalue weighted by Gasteiger charge is 2.33. The molecule has 1 saturated carbocycles. The number of halogens is 2. The van der Waals surface area contributed by atoms with E-state index in [1.807, 2.05) is 0 Å². The fraction of sp³-hybridized carbons (Fsp3) is 0.455. The van der Waals surface area contributed by atoms with E-state index in [1.54, 1.807) is 24.3 Å². The van der Waals surface area contributed by atoms with Crippen molar-refractivity contribution >= 4 is 38.4 Å². The van der Waals surface area contributed by atoms with Gasteiger partial charge in [0, 0.05) is 17.1 Å². The molecule has 0 radical (unpaired) electrons. The van der Waals surface area contributed by atoms with E-state index >= 15 is 0 Å². The first-order valence-corrected chi connectivity index (χ1v) is 7.78. The van der Waals surface area contributed by atoms with Crippen LogP contribution in [0.1, 0.15) is 12.8 Å². The van der Waals surface area contributed by atoms with Crippen molar-refractivity contribution in [3.63, 3.8) is 0 Å². The van der Waals surface area contributed by atoms with Gasteiger partial charge in [-0.2, -0.15) is 0 Å². The summed E-state index contributed by atoms with van der Waals surface area (Å²) < 4.78 is 27.6. The average Bonchev–Trinajstić information content (AvgIpc) is 3.10. The second-order valence-corrected chi connectivity index (χ2v) is 6.89. The van der Waals surface area contributed by atoms with Crippen LogP contribution in [0.25, 0.3) is 0 Å². The molecule has 0 spiro atoms. The monoisotopic (exact) mass is 354 g/mol. The normalized spacial score (nSPS) is 17.0. The first-order chi connectivity index (χ1) is 8.03. The zero-order valence-corrected chi connectivity index (χ0v) is 12.9. The van der Waals surface area contributed by atoms with Crippen molar-refractivity contribution in [3.8, 4) is 0 Å². The Labute approximate surface area is 122 Å². The van der Waals surface area contributed by atoms with E-state index in [2.05, 4.69) is 20.7 Å². The smallest absolute Gasteiger partial charge is 0.240 e. The Morgan fingerprint density at radius 3 is 2.61 bits per heavy atom. The molecule has 4 nitrogen and oxygen atoms in total. The van der Waals surface area contributed by atoms with E-state index in [-0.39, 0.29) is 23.3 Å². The molecule has 0 amide bonds. The Morgan fingerprint density at radius 2 is 2.11 bits per heavy atom. The van der Waals surface area contributed by atoms with Gasteiger partial charge in [0.05, 0.1) is 4.90 Å². The first kappa shape index (κ1) is 15.9. The molecule has 102 valence electrons. The lowest BCUT2D eigenvalue weighted by atomic mass is 10.2. The van der Waals surface area contributed by atoms with Crippen LogP contribution in [0, 0.1) is 5.92 Å². The van der Waals surface area contributed by atoms with Gasteiger partial charge in [-0.25, -0.2) is 13.1 Å². The molecule has 1 aromatic rings. The summed E-state index contributed by atoms with van der Waals surface area (Å²) in [6.07, 6.45) is 2.12. The molecule has 7 heteroatoms. The van der Waals surface area contributed by atoms with Gasteiger partial charge in [0.25, 0.3) is 0 Å². The van der Waals surface area contributed by atoms with Crippen molar-refractivity contribution in [1.82, 2.24) is 4.72 Å². The summed E-state index contributed by atoms with van der Waals surface area (Å²) in [6, 6.07) is 6.52. The SMILES string of the molecule is Cl.NCC(NS(=O)(=O)c1cccc(Br)c1)C1CC1. The second kappa shape index (κ2) is 6.34. The third-order valence-electron chi connectivity index (χ3n) is 2.86. The van der Waals surface area contributed by atoms with Crippen LogP contribution in [0.4, 0.5) is 0 Å². The van der Waals surface area contributed by atoms with Gasteiger partial charge in [0.2, 0.25) is 10.0 Å². The molecule has 0 aliphatic heterocycles. The number of rotatable bonds is 5. The Balaban J connectivity index is 0.00000162. The summed E-state index contributed by atoms with van der Waals surface area (Å²) >= 11 is 3.26. The zero-order valence-electron chi connectivity index (χ0n) is 9.67. The largest absolute Gasteiger partial charge is 0.329 e. The Kier molecular flexibility index (Phi) is 5.61. The van der Waals surface area contributed by atoms with Crippen molar-refractivity contribution in [3.05, 3.63) is 28.7 Å². The molecule has 1 unspecified atom stereocenters. The van der Waals surface area contributed by atoms with Crippen molar-refractivity contribution in [2.45, 2.75) is 23.8 Å². The van der Waals surface area contributed by atoms with Crippen LogP contribution in [0.5, 0.6) is 0 Å². The van der Waals surface area contributed by atoms with Crippen molar-refractivity contribution in [2.24, 2.45) is 11.7 Å². The number of nitrogens with one attached hydrogen (secondary N) is 1. The van der Waals surface area contributed by atoms with Crippen molar-refractivity contribution < 1.29 is 8.42 Å². The highest BCUT2D eigenvalue weighted by molar-refractivity contribution is 9.10. The predicted molar refractivity (Wildman–Crippen MR) is 77.3 cm³/mol. The molecule has 1 aliphatic rings. The molecule has 1 atom stereocenters. The number of benzene rings is 1. The van der Waals surface area contributed by atoms with Crippen LogP contribution in [-0.4, -0.2) is 21.0 Å². The Morgan fingerprint density at radius 1 is 1.44 bits per heavy atom. The summed E-state index contributed by atoms with van der Waals surface area (Å²) in [4.78, 5) is 0.269. The fourth-order valence-electron chi connectivity index (χ4n) is 1.74. The summed E-state index contributed by atoms with van der Waals surface area (Å²) in [5.74, 6) is 0.405. The van der Waals surface area contributed by atoms with Gasteiger partial charge >= 0.3 is 0 Å². The molecular weight excluding hydrogens is 340 g/mol. The van der Waals surface area contributed by atoms with Crippen LogP contribution < -0.4 is 10.5 Å². The van der Waals surface area contributed by atoms with Gasteiger partial charge in [0.1, 0.15) is 0 Å². The summed E-state index contributed by atoms with van der Waals surface area (Å²) in [6.45, 7) is 0.345. The van der Waals surface area contributed by atoms with Crippen LogP contribution >= 0.6 is 28.3 Å². The molecule has 0 aromatic heterocycles. The fourth-order valence-corrected chi connectivity index (χ4v) is 3.65. The van der Waals surface area contributed by atoms with Gasteiger partial charge in [-0.15, -0.1) is 12.4 Å². The summed E-state index contributed by atoms with van der Waals surface area (Å²) in [5, 5.41) is 0. The minimum Gasteiger partial charge on any atom is -0.329 e. The topological polar surface area (TPSA) is 72.2 Å². The van der Waals surface area contributed by atoms with Gasteiger partial charge in [-0.1, -0.05) is 22.0 Å². The summed E-state index contributed by atoms with van der Waals surface area (Å²) in [5.41, 5.74) is 5.59. The Hall–Kier alpha value is -0.140. The molecule has 1 fully saturated rings. The van der Waals surface area contributed by atoms with Crippen molar-refractivity contribution in [2.75, 3.05) is 6.54 Å². The minimum atomic E-state index is -3.46. The molecule has 1 aromatic carbocycles. The van der Waals surface area contributed by atoms with E-state index in [0.717, 1.165) is 17.3 Å². The number of hydrogen-bond donors (Lipinski definition) is 2. The maximum atomic E-state index is 12.1. The highest BCUT2D eigenvalue weighted by Crippen LogP contribution is 2.33. The van der Waals surface area contributed by atoms with Gasteiger partial charge < -0.3 is 5.73 Å². The molecule has 0 heterocycles. The van der Waals surface area contributed by atoms with Crippen LogP contribution in [-0.2, 0) is 10.0 Å². The second-order valence-electron chi connectivity index (χ2n) is 4.26. The van der Waals surface area contributed by atoms with Crippen LogP contribution in [0.15, 0.2) is 33.6 Å². The molecule has 0 saturated heterocycles. The van der Waals surface area contributed by atoms with Gasteiger partial charge in [-0.3, -0.25) is 0 Å². The summed E-state index contributed by atoms with van der Waals surface area (Å²) in [7, 11) is -3.46. The van der Waals surface area contributed by atoms with Crippen LogP contribution in [0.2, 0.25) is 0 Å². The van der Waals surface area contributed by atoms with Gasteiger partial charge in [0.15, 0.2) is 0 Å². The minimum absolute atomic E-state index is 0. The maximum absolute atomic E-state index is 12.1. The molecule has 0 bridgehead atoms. The lowest BCUT2D eigenvalue weighted by Crippen LogP contribution is -2.41.